The Labute approximate surface area is 142 Å². The average Bonchev–Trinajstić information content (AvgIpc) is 3.05. The van der Waals surface area contributed by atoms with Crippen LogP contribution in [0.25, 0.3) is 0 Å². The van der Waals surface area contributed by atoms with Gasteiger partial charge in [-0.15, -0.1) is 0 Å². The summed E-state index contributed by atoms with van der Waals surface area (Å²) in [5.74, 6) is -0.661. The second kappa shape index (κ2) is 8.15. The lowest BCUT2D eigenvalue weighted by atomic mass is 10.0. The van der Waals surface area contributed by atoms with Crippen LogP contribution in [0.5, 0.6) is 5.75 Å². The molecule has 0 radical (unpaired) electrons. The first-order valence-electron chi connectivity index (χ1n) is 8.30. The second-order valence-corrected chi connectivity index (χ2v) is 6.16. The van der Waals surface area contributed by atoms with Crippen molar-refractivity contribution in [3.05, 3.63) is 28.8 Å². The van der Waals surface area contributed by atoms with E-state index in [1.54, 1.807) is 26.0 Å². The lowest BCUT2D eigenvalue weighted by Gasteiger charge is -2.23. The molecule has 24 heavy (non-hydrogen) atoms. The van der Waals surface area contributed by atoms with E-state index in [2.05, 4.69) is 5.32 Å². The van der Waals surface area contributed by atoms with Gasteiger partial charge >= 0.3 is 5.97 Å². The quantitative estimate of drug-likeness (QED) is 0.799. The van der Waals surface area contributed by atoms with Crippen LogP contribution in [0.4, 0.5) is 0 Å². The van der Waals surface area contributed by atoms with Crippen molar-refractivity contribution >= 4 is 11.9 Å². The Morgan fingerprint density at radius 3 is 2.54 bits per heavy atom. The van der Waals surface area contributed by atoms with E-state index in [0.29, 0.717) is 11.3 Å². The number of hydrogen-bond acceptors (Lipinski definition) is 4. The van der Waals surface area contributed by atoms with Gasteiger partial charge in [0.15, 0.2) is 6.61 Å². The number of aryl methyl sites for hydroxylation is 2. The number of carboxylic acid groups (broad SMARTS) is 1. The fourth-order valence-electron chi connectivity index (χ4n) is 3.07. The smallest absolute Gasteiger partial charge is 0.341 e. The first kappa shape index (κ1) is 18.3. The average molecular weight is 335 g/mol. The molecule has 2 atom stereocenters. The molecule has 132 valence electrons. The molecule has 6 nitrogen and oxygen atoms in total. The van der Waals surface area contributed by atoms with Crippen LogP contribution in [0.15, 0.2) is 12.1 Å². The standard InChI is InChI=1S/C18H25NO5/c1-4-14(15-6-5-7-23-15)19-18(22)13-8-11(2)17(12(3)9-13)24-10-16(20)21/h8-9,14-15H,4-7,10H2,1-3H3,(H,19,22)(H,20,21). The fraction of sp³-hybridized carbons (Fsp3) is 0.556. The highest BCUT2D eigenvalue weighted by Crippen LogP contribution is 2.25. The van der Waals surface area contributed by atoms with E-state index < -0.39 is 12.6 Å². The van der Waals surface area contributed by atoms with Crippen LogP contribution in [0.1, 0.15) is 47.7 Å². The van der Waals surface area contributed by atoms with Crippen LogP contribution in [0.2, 0.25) is 0 Å². The van der Waals surface area contributed by atoms with Gasteiger partial charge in [-0.1, -0.05) is 6.92 Å². The highest BCUT2D eigenvalue weighted by molar-refractivity contribution is 5.95. The molecule has 0 bridgehead atoms. The minimum atomic E-state index is -1.03. The van der Waals surface area contributed by atoms with Gasteiger partial charge in [-0.2, -0.15) is 0 Å². The second-order valence-electron chi connectivity index (χ2n) is 6.16. The number of carboxylic acids is 1. The van der Waals surface area contributed by atoms with Crippen molar-refractivity contribution in [3.8, 4) is 5.75 Å². The summed E-state index contributed by atoms with van der Waals surface area (Å²) < 4.78 is 11.0. The Morgan fingerprint density at radius 2 is 2.04 bits per heavy atom. The highest BCUT2D eigenvalue weighted by atomic mass is 16.5. The Bertz CT molecular complexity index is 584. The van der Waals surface area contributed by atoms with Crippen molar-refractivity contribution in [3.63, 3.8) is 0 Å². The van der Waals surface area contributed by atoms with E-state index in [9.17, 15) is 9.59 Å². The lowest BCUT2D eigenvalue weighted by Crippen LogP contribution is -2.42. The summed E-state index contributed by atoms with van der Waals surface area (Å²) >= 11 is 0. The molecular formula is C18H25NO5. The van der Waals surface area contributed by atoms with Gasteiger partial charge < -0.3 is 19.9 Å². The number of benzene rings is 1. The van der Waals surface area contributed by atoms with Gasteiger partial charge in [-0.05, 0) is 56.4 Å². The molecular weight excluding hydrogens is 310 g/mol. The molecule has 0 aliphatic carbocycles. The number of amides is 1. The van der Waals surface area contributed by atoms with Gasteiger partial charge in [0.1, 0.15) is 5.75 Å². The van der Waals surface area contributed by atoms with Gasteiger partial charge in [0, 0.05) is 12.2 Å². The molecule has 1 fully saturated rings. The topological polar surface area (TPSA) is 84.9 Å². The molecule has 0 saturated carbocycles. The maximum atomic E-state index is 12.6. The molecule has 1 aromatic rings. The van der Waals surface area contributed by atoms with E-state index >= 15 is 0 Å². The summed E-state index contributed by atoms with van der Waals surface area (Å²) in [4.78, 5) is 23.2. The van der Waals surface area contributed by atoms with Crippen molar-refractivity contribution in [2.24, 2.45) is 0 Å². The van der Waals surface area contributed by atoms with Crippen molar-refractivity contribution in [1.82, 2.24) is 5.32 Å². The maximum absolute atomic E-state index is 12.6. The molecule has 1 aliphatic rings. The van der Waals surface area contributed by atoms with E-state index in [4.69, 9.17) is 14.6 Å². The van der Waals surface area contributed by atoms with E-state index in [1.807, 2.05) is 6.92 Å². The molecule has 2 N–H and O–H groups in total. The normalized spacial score (nSPS) is 18.2. The molecule has 1 heterocycles. The molecule has 2 unspecified atom stereocenters. The summed E-state index contributed by atoms with van der Waals surface area (Å²) in [6.07, 6.45) is 2.90. The molecule has 2 rings (SSSR count). The summed E-state index contributed by atoms with van der Waals surface area (Å²) in [5, 5.41) is 11.8. The molecule has 6 heteroatoms. The summed E-state index contributed by atoms with van der Waals surface area (Å²) in [5.41, 5.74) is 2.03. The van der Waals surface area contributed by atoms with Crippen LogP contribution in [0.3, 0.4) is 0 Å². The van der Waals surface area contributed by atoms with E-state index in [1.165, 1.54) is 0 Å². The SMILES string of the molecule is CCC(NC(=O)c1cc(C)c(OCC(=O)O)c(C)c1)C1CCCO1. The third kappa shape index (κ3) is 4.47. The van der Waals surface area contributed by atoms with Crippen LogP contribution in [-0.4, -0.2) is 42.3 Å². The zero-order chi connectivity index (χ0) is 17.7. The van der Waals surface area contributed by atoms with Crippen LogP contribution in [-0.2, 0) is 9.53 Å². The Kier molecular flexibility index (Phi) is 6.20. The van der Waals surface area contributed by atoms with Gasteiger partial charge in [0.05, 0.1) is 12.1 Å². The largest absolute Gasteiger partial charge is 0.481 e. The fourth-order valence-corrected chi connectivity index (χ4v) is 3.07. The zero-order valence-electron chi connectivity index (χ0n) is 14.4. The number of nitrogens with one attached hydrogen (secondary N) is 1. The van der Waals surface area contributed by atoms with Crippen molar-refractivity contribution in [2.75, 3.05) is 13.2 Å². The molecule has 1 aromatic carbocycles. The number of aliphatic carboxylic acids is 1. The summed E-state index contributed by atoms with van der Waals surface area (Å²) in [6, 6.07) is 3.45. The van der Waals surface area contributed by atoms with Crippen molar-refractivity contribution < 1.29 is 24.2 Å². The maximum Gasteiger partial charge on any atom is 0.341 e. The van der Waals surface area contributed by atoms with Gasteiger partial charge in [-0.25, -0.2) is 4.79 Å². The first-order chi connectivity index (χ1) is 11.4. The van der Waals surface area contributed by atoms with E-state index in [-0.39, 0.29) is 18.1 Å². The minimum absolute atomic E-state index is 0.00329. The third-order valence-electron chi connectivity index (χ3n) is 4.23. The molecule has 0 spiro atoms. The third-order valence-corrected chi connectivity index (χ3v) is 4.23. The van der Waals surface area contributed by atoms with Crippen molar-refractivity contribution in [1.29, 1.82) is 0 Å². The minimum Gasteiger partial charge on any atom is -0.481 e. The van der Waals surface area contributed by atoms with Crippen molar-refractivity contribution in [2.45, 2.75) is 52.2 Å². The number of rotatable bonds is 7. The van der Waals surface area contributed by atoms with Crippen LogP contribution < -0.4 is 10.1 Å². The number of carbonyl (C=O) groups excluding carboxylic acids is 1. The Hall–Kier alpha value is -2.08. The molecule has 1 saturated heterocycles. The van der Waals surface area contributed by atoms with E-state index in [0.717, 1.165) is 37.0 Å². The van der Waals surface area contributed by atoms with Gasteiger partial charge in [0.25, 0.3) is 5.91 Å². The van der Waals surface area contributed by atoms with Crippen LogP contribution >= 0.6 is 0 Å². The van der Waals surface area contributed by atoms with Gasteiger partial charge in [-0.3, -0.25) is 4.79 Å². The molecule has 1 amide bonds. The monoisotopic (exact) mass is 335 g/mol. The summed E-state index contributed by atoms with van der Waals surface area (Å²) in [7, 11) is 0. The number of ether oxygens (including phenoxy) is 2. The highest BCUT2D eigenvalue weighted by Gasteiger charge is 2.26. The first-order valence-corrected chi connectivity index (χ1v) is 8.30. The predicted octanol–water partition coefficient (Wildman–Crippen LogP) is 2.45. The Morgan fingerprint density at radius 1 is 1.38 bits per heavy atom. The zero-order valence-corrected chi connectivity index (χ0v) is 14.4. The number of hydrogen-bond donors (Lipinski definition) is 2. The number of carbonyl (C=O) groups is 2. The van der Waals surface area contributed by atoms with Crippen LogP contribution in [0, 0.1) is 13.8 Å². The predicted molar refractivity (Wildman–Crippen MR) is 89.6 cm³/mol. The summed E-state index contributed by atoms with van der Waals surface area (Å²) in [6.45, 7) is 6.00. The molecule has 1 aliphatic heterocycles. The lowest BCUT2D eigenvalue weighted by molar-refractivity contribution is -0.139. The molecule has 0 aromatic heterocycles. The Balaban J connectivity index is 2.10. The van der Waals surface area contributed by atoms with Gasteiger partial charge in [0.2, 0.25) is 0 Å².